The van der Waals surface area contributed by atoms with Crippen LogP contribution in [0, 0.1) is 17.7 Å². The molecule has 0 aliphatic heterocycles. The zero-order chi connectivity index (χ0) is 14.4. The molecule has 1 aliphatic rings. The van der Waals surface area contributed by atoms with E-state index >= 15 is 0 Å². The molecule has 1 saturated carbocycles. The molecule has 1 nitrogen and oxygen atoms in total. The van der Waals surface area contributed by atoms with Crippen molar-refractivity contribution < 1.29 is 4.39 Å². The molecule has 1 fully saturated rings. The number of nitrogens with one attached hydrogen (secondary N) is 1. The molecule has 2 rings (SSSR count). The maximum atomic E-state index is 13.6. The van der Waals surface area contributed by atoms with Crippen LogP contribution in [0.4, 0.5) is 4.39 Å². The van der Waals surface area contributed by atoms with Crippen molar-refractivity contribution in [1.29, 1.82) is 0 Å². The van der Waals surface area contributed by atoms with Gasteiger partial charge in [0.1, 0.15) is 5.82 Å². The summed E-state index contributed by atoms with van der Waals surface area (Å²) in [5.74, 6) is 1.32. The maximum Gasteiger partial charge on any atom is 0.123 e. The molecule has 1 N–H and O–H groups in total. The van der Waals surface area contributed by atoms with Crippen molar-refractivity contribution in [1.82, 2.24) is 5.32 Å². The Morgan fingerprint density at radius 1 is 1.25 bits per heavy atom. The van der Waals surface area contributed by atoms with Gasteiger partial charge >= 0.3 is 0 Å². The fraction of sp³-hybridized carbons (Fsp3) is 0.667. The maximum absolute atomic E-state index is 13.6. The third kappa shape index (κ3) is 3.82. The highest BCUT2D eigenvalue weighted by molar-refractivity contribution is 5.21. The van der Waals surface area contributed by atoms with E-state index in [0.29, 0.717) is 12.0 Å². The van der Waals surface area contributed by atoms with Gasteiger partial charge in [0.05, 0.1) is 0 Å². The van der Waals surface area contributed by atoms with Gasteiger partial charge in [-0.3, -0.25) is 0 Å². The summed E-state index contributed by atoms with van der Waals surface area (Å²) < 4.78 is 13.6. The second-order valence-electron chi connectivity index (χ2n) is 6.10. The number of rotatable bonds is 6. The molecule has 0 aromatic heterocycles. The molecular formula is C18H28FN. The van der Waals surface area contributed by atoms with Crippen LogP contribution in [-0.2, 0) is 0 Å². The number of benzene rings is 1. The largest absolute Gasteiger partial charge is 0.310 e. The average molecular weight is 277 g/mol. The lowest BCUT2D eigenvalue weighted by Crippen LogP contribution is -2.35. The van der Waals surface area contributed by atoms with E-state index in [1.807, 2.05) is 6.07 Å². The Bertz CT molecular complexity index is 404. The molecule has 0 amide bonds. The third-order valence-electron chi connectivity index (χ3n) is 4.74. The highest BCUT2D eigenvalue weighted by Crippen LogP contribution is 2.40. The molecule has 0 radical (unpaired) electrons. The van der Waals surface area contributed by atoms with Crippen LogP contribution in [0.1, 0.15) is 64.0 Å². The lowest BCUT2D eigenvalue weighted by Gasteiger charge is -2.37. The first kappa shape index (κ1) is 15.5. The van der Waals surface area contributed by atoms with Gasteiger partial charge < -0.3 is 5.32 Å². The Kier molecular flexibility index (Phi) is 6.03. The van der Waals surface area contributed by atoms with Gasteiger partial charge in [-0.2, -0.15) is 0 Å². The Hall–Kier alpha value is -0.890. The van der Waals surface area contributed by atoms with E-state index in [2.05, 4.69) is 25.2 Å². The summed E-state index contributed by atoms with van der Waals surface area (Å²) in [5, 5.41) is 3.68. The van der Waals surface area contributed by atoms with Gasteiger partial charge in [-0.25, -0.2) is 4.39 Å². The minimum Gasteiger partial charge on any atom is -0.310 e. The SMILES string of the molecule is CCCNC(c1cccc(F)c1)C1CCCCC1CC. The predicted molar refractivity (Wildman–Crippen MR) is 83.2 cm³/mol. The van der Waals surface area contributed by atoms with Crippen LogP contribution in [-0.4, -0.2) is 6.54 Å². The third-order valence-corrected chi connectivity index (χ3v) is 4.74. The molecule has 1 aromatic carbocycles. The molecule has 20 heavy (non-hydrogen) atoms. The fourth-order valence-electron chi connectivity index (χ4n) is 3.70. The van der Waals surface area contributed by atoms with Gasteiger partial charge in [-0.15, -0.1) is 0 Å². The van der Waals surface area contributed by atoms with Gasteiger partial charge in [0.15, 0.2) is 0 Å². The van der Waals surface area contributed by atoms with Crippen molar-refractivity contribution in [3.8, 4) is 0 Å². The van der Waals surface area contributed by atoms with Crippen molar-refractivity contribution in [3.05, 3.63) is 35.6 Å². The Balaban J connectivity index is 2.21. The van der Waals surface area contributed by atoms with E-state index in [0.717, 1.165) is 24.4 Å². The molecule has 2 heteroatoms. The lowest BCUT2D eigenvalue weighted by molar-refractivity contribution is 0.175. The minimum atomic E-state index is -0.116. The molecule has 0 heterocycles. The van der Waals surface area contributed by atoms with Crippen molar-refractivity contribution >= 4 is 0 Å². The first-order chi connectivity index (χ1) is 9.76. The van der Waals surface area contributed by atoms with Crippen molar-refractivity contribution in [2.45, 2.75) is 58.4 Å². The van der Waals surface area contributed by atoms with Crippen LogP contribution >= 0.6 is 0 Å². The first-order valence-electron chi connectivity index (χ1n) is 8.25. The van der Waals surface area contributed by atoms with E-state index in [4.69, 9.17) is 0 Å². The topological polar surface area (TPSA) is 12.0 Å². The van der Waals surface area contributed by atoms with Crippen LogP contribution in [0.3, 0.4) is 0 Å². The average Bonchev–Trinajstić information content (AvgIpc) is 2.48. The lowest BCUT2D eigenvalue weighted by atomic mass is 9.72. The van der Waals surface area contributed by atoms with Crippen LogP contribution in [0.25, 0.3) is 0 Å². The van der Waals surface area contributed by atoms with E-state index in [1.165, 1.54) is 32.1 Å². The summed E-state index contributed by atoms with van der Waals surface area (Å²) in [7, 11) is 0. The monoisotopic (exact) mass is 277 g/mol. The van der Waals surface area contributed by atoms with E-state index in [9.17, 15) is 4.39 Å². The van der Waals surface area contributed by atoms with E-state index < -0.39 is 0 Å². The highest BCUT2D eigenvalue weighted by atomic mass is 19.1. The normalized spacial score (nSPS) is 24.6. The quantitative estimate of drug-likeness (QED) is 0.764. The van der Waals surface area contributed by atoms with Crippen molar-refractivity contribution in [3.63, 3.8) is 0 Å². The Labute approximate surface area is 123 Å². The molecule has 0 spiro atoms. The summed E-state index contributed by atoms with van der Waals surface area (Å²) in [6.45, 7) is 5.49. The van der Waals surface area contributed by atoms with Crippen LogP contribution in [0.5, 0.6) is 0 Å². The number of halogens is 1. The van der Waals surface area contributed by atoms with E-state index in [1.54, 1.807) is 12.1 Å². The molecule has 0 saturated heterocycles. The zero-order valence-corrected chi connectivity index (χ0v) is 12.9. The predicted octanol–water partition coefficient (Wildman–Crippen LogP) is 5.08. The van der Waals surface area contributed by atoms with Gasteiger partial charge in [0, 0.05) is 6.04 Å². The van der Waals surface area contributed by atoms with Crippen molar-refractivity contribution in [2.75, 3.05) is 6.54 Å². The molecule has 3 unspecified atom stereocenters. The zero-order valence-electron chi connectivity index (χ0n) is 12.9. The van der Waals surface area contributed by atoms with Crippen LogP contribution in [0.15, 0.2) is 24.3 Å². The molecule has 0 bridgehead atoms. The number of hydrogen-bond acceptors (Lipinski definition) is 1. The number of hydrogen-bond donors (Lipinski definition) is 1. The summed E-state index contributed by atoms with van der Waals surface area (Å²) in [4.78, 5) is 0. The van der Waals surface area contributed by atoms with E-state index in [-0.39, 0.29) is 5.82 Å². The van der Waals surface area contributed by atoms with Gasteiger partial charge in [0.2, 0.25) is 0 Å². The smallest absolute Gasteiger partial charge is 0.123 e. The van der Waals surface area contributed by atoms with Crippen molar-refractivity contribution in [2.24, 2.45) is 11.8 Å². The van der Waals surface area contributed by atoms with Crippen LogP contribution < -0.4 is 5.32 Å². The van der Waals surface area contributed by atoms with Gasteiger partial charge in [-0.05, 0) is 48.9 Å². The molecule has 1 aliphatic carbocycles. The second-order valence-corrected chi connectivity index (χ2v) is 6.10. The Morgan fingerprint density at radius 2 is 2.05 bits per heavy atom. The Morgan fingerprint density at radius 3 is 2.75 bits per heavy atom. The summed E-state index contributed by atoms with van der Waals surface area (Å²) in [5.41, 5.74) is 1.13. The highest BCUT2D eigenvalue weighted by Gasteiger charge is 2.31. The molecular weight excluding hydrogens is 249 g/mol. The second kappa shape index (κ2) is 7.78. The molecule has 3 atom stereocenters. The molecule has 112 valence electrons. The summed E-state index contributed by atoms with van der Waals surface area (Å²) in [6, 6.07) is 7.50. The van der Waals surface area contributed by atoms with Crippen LogP contribution in [0.2, 0.25) is 0 Å². The standard InChI is InChI=1S/C18H28FN/c1-3-12-20-18(15-9-7-10-16(19)13-15)17-11-6-5-8-14(17)4-2/h7,9-10,13-14,17-18,20H,3-6,8,11-12H2,1-2H3. The minimum absolute atomic E-state index is 0.116. The van der Waals surface area contributed by atoms with Gasteiger partial charge in [-0.1, -0.05) is 51.7 Å². The van der Waals surface area contributed by atoms with Gasteiger partial charge in [0.25, 0.3) is 0 Å². The summed E-state index contributed by atoms with van der Waals surface area (Å²) in [6.07, 6.45) is 7.65. The summed E-state index contributed by atoms with van der Waals surface area (Å²) >= 11 is 0. The fourth-order valence-corrected chi connectivity index (χ4v) is 3.70. The first-order valence-corrected chi connectivity index (χ1v) is 8.25. The molecule has 1 aromatic rings.